The van der Waals surface area contributed by atoms with Crippen molar-refractivity contribution in [1.29, 1.82) is 0 Å². The van der Waals surface area contributed by atoms with E-state index in [1.165, 1.54) is 0 Å². The van der Waals surface area contributed by atoms with Gasteiger partial charge in [0.05, 0.1) is 12.9 Å². The zero-order valence-electron chi connectivity index (χ0n) is 18.0. The molecule has 3 aromatic rings. The molecule has 0 radical (unpaired) electrons. The Morgan fingerprint density at radius 1 is 1.12 bits per heavy atom. The second-order valence-electron chi connectivity index (χ2n) is 7.42. The van der Waals surface area contributed by atoms with E-state index in [-0.39, 0.29) is 17.6 Å². The summed E-state index contributed by atoms with van der Waals surface area (Å²) < 4.78 is 10.8. The minimum atomic E-state index is -0.215. The number of hydrogen-bond acceptors (Lipinski definition) is 7. The SMILES string of the molecule is COc1ccc(-c2nnc(SCC(=O)Nc3cccc(C(=O)N4CCCC4)c3C)o2)cc1. The lowest BCUT2D eigenvalue weighted by atomic mass is 10.1. The van der Waals surface area contributed by atoms with Gasteiger partial charge in [-0.25, -0.2) is 0 Å². The first kappa shape index (κ1) is 21.9. The highest BCUT2D eigenvalue weighted by molar-refractivity contribution is 7.99. The monoisotopic (exact) mass is 452 g/mol. The minimum absolute atomic E-state index is 0.0161. The van der Waals surface area contributed by atoms with Crippen LogP contribution in [0.25, 0.3) is 11.5 Å². The number of rotatable bonds is 7. The number of carbonyl (C=O) groups is 2. The standard InChI is InChI=1S/C23H24N4O4S/c1-15-18(22(29)27-12-3-4-13-27)6-5-7-19(15)24-20(28)14-32-23-26-25-21(31-23)16-8-10-17(30-2)11-9-16/h5-11H,3-4,12-14H2,1-2H3,(H,24,28). The molecular formula is C23H24N4O4S. The van der Waals surface area contributed by atoms with E-state index in [4.69, 9.17) is 9.15 Å². The van der Waals surface area contributed by atoms with Crippen LogP contribution in [-0.2, 0) is 4.79 Å². The van der Waals surface area contributed by atoms with E-state index in [1.54, 1.807) is 25.3 Å². The number of methoxy groups -OCH3 is 1. The number of carbonyl (C=O) groups excluding carboxylic acids is 2. The lowest BCUT2D eigenvalue weighted by molar-refractivity contribution is -0.113. The topological polar surface area (TPSA) is 97.6 Å². The second-order valence-corrected chi connectivity index (χ2v) is 8.34. The Labute approximate surface area is 190 Å². The summed E-state index contributed by atoms with van der Waals surface area (Å²) in [5.74, 6) is 1.02. The zero-order valence-corrected chi connectivity index (χ0v) is 18.8. The first-order chi connectivity index (χ1) is 15.5. The molecule has 166 valence electrons. The van der Waals surface area contributed by atoms with Gasteiger partial charge in [0.1, 0.15) is 5.75 Å². The van der Waals surface area contributed by atoms with Gasteiger partial charge in [0.15, 0.2) is 0 Å². The van der Waals surface area contributed by atoms with Gasteiger partial charge in [-0.2, -0.15) is 0 Å². The summed E-state index contributed by atoms with van der Waals surface area (Å²) >= 11 is 1.16. The first-order valence-electron chi connectivity index (χ1n) is 10.3. The minimum Gasteiger partial charge on any atom is -0.497 e. The quantitative estimate of drug-likeness (QED) is 0.541. The molecule has 2 heterocycles. The number of anilines is 1. The molecule has 0 atom stereocenters. The molecule has 0 aliphatic carbocycles. The van der Waals surface area contributed by atoms with Crippen molar-refractivity contribution in [2.24, 2.45) is 0 Å². The lowest BCUT2D eigenvalue weighted by Crippen LogP contribution is -2.28. The normalized spacial score (nSPS) is 13.2. The number of thioether (sulfide) groups is 1. The van der Waals surface area contributed by atoms with E-state index in [0.29, 0.717) is 22.4 Å². The number of benzene rings is 2. The van der Waals surface area contributed by atoms with Crippen LogP contribution in [0.3, 0.4) is 0 Å². The van der Waals surface area contributed by atoms with Gasteiger partial charge in [0.25, 0.3) is 11.1 Å². The van der Waals surface area contributed by atoms with E-state index < -0.39 is 0 Å². The molecular weight excluding hydrogens is 428 g/mol. The van der Waals surface area contributed by atoms with Gasteiger partial charge in [0, 0.05) is 29.9 Å². The maximum absolute atomic E-state index is 12.7. The van der Waals surface area contributed by atoms with Crippen LogP contribution in [0.15, 0.2) is 52.1 Å². The van der Waals surface area contributed by atoms with Crippen molar-refractivity contribution in [2.45, 2.75) is 25.0 Å². The Kier molecular flexibility index (Phi) is 6.75. The van der Waals surface area contributed by atoms with Crippen LogP contribution in [0, 0.1) is 6.92 Å². The Bertz CT molecular complexity index is 1110. The third-order valence-corrected chi connectivity index (χ3v) is 6.12. The number of amides is 2. The number of nitrogens with zero attached hydrogens (tertiary/aromatic N) is 3. The lowest BCUT2D eigenvalue weighted by Gasteiger charge is -2.18. The van der Waals surface area contributed by atoms with Crippen LogP contribution >= 0.6 is 11.8 Å². The predicted octanol–water partition coefficient (Wildman–Crippen LogP) is 4.02. The molecule has 1 fully saturated rings. The maximum Gasteiger partial charge on any atom is 0.277 e. The van der Waals surface area contributed by atoms with E-state index in [1.807, 2.05) is 36.1 Å². The molecule has 0 saturated carbocycles. The molecule has 1 aromatic heterocycles. The van der Waals surface area contributed by atoms with Gasteiger partial charge in [-0.3, -0.25) is 9.59 Å². The molecule has 8 nitrogen and oxygen atoms in total. The Morgan fingerprint density at radius 3 is 2.59 bits per heavy atom. The molecule has 4 rings (SSSR count). The molecule has 1 aliphatic rings. The molecule has 2 amide bonds. The number of aromatic nitrogens is 2. The number of nitrogens with one attached hydrogen (secondary N) is 1. The maximum atomic E-state index is 12.7. The van der Waals surface area contributed by atoms with Crippen molar-refractivity contribution in [2.75, 3.05) is 31.3 Å². The van der Waals surface area contributed by atoms with E-state index >= 15 is 0 Å². The number of ether oxygens (including phenoxy) is 1. The Balaban J connectivity index is 1.36. The molecule has 0 unspecified atom stereocenters. The zero-order chi connectivity index (χ0) is 22.5. The highest BCUT2D eigenvalue weighted by Gasteiger charge is 2.22. The number of likely N-dealkylation sites (tertiary alicyclic amines) is 1. The summed E-state index contributed by atoms with van der Waals surface area (Å²) in [6, 6.07) is 12.7. The van der Waals surface area contributed by atoms with Crippen LogP contribution in [0.1, 0.15) is 28.8 Å². The van der Waals surface area contributed by atoms with Crippen molar-refractivity contribution in [1.82, 2.24) is 15.1 Å². The van der Waals surface area contributed by atoms with Gasteiger partial charge >= 0.3 is 0 Å². The summed E-state index contributed by atoms with van der Waals surface area (Å²) in [6.45, 7) is 3.42. The molecule has 0 bridgehead atoms. The molecule has 0 spiro atoms. The summed E-state index contributed by atoms with van der Waals surface area (Å²) in [4.78, 5) is 27.1. The van der Waals surface area contributed by atoms with Crippen molar-refractivity contribution < 1.29 is 18.7 Å². The fraction of sp³-hybridized carbons (Fsp3) is 0.304. The van der Waals surface area contributed by atoms with Crippen LogP contribution in [0.2, 0.25) is 0 Å². The number of hydrogen-bond donors (Lipinski definition) is 1. The van der Waals surface area contributed by atoms with Crippen LogP contribution < -0.4 is 10.1 Å². The highest BCUT2D eigenvalue weighted by atomic mass is 32.2. The van der Waals surface area contributed by atoms with Crippen molar-refractivity contribution >= 4 is 29.3 Å². The first-order valence-corrected chi connectivity index (χ1v) is 11.3. The fourth-order valence-corrected chi connectivity index (χ4v) is 4.09. The molecule has 1 N–H and O–H groups in total. The fourth-order valence-electron chi connectivity index (χ4n) is 3.53. The highest BCUT2D eigenvalue weighted by Crippen LogP contribution is 2.26. The van der Waals surface area contributed by atoms with Gasteiger partial charge in [-0.1, -0.05) is 17.8 Å². The van der Waals surface area contributed by atoms with Gasteiger partial charge in [-0.15, -0.1) is 10.2 Å². The molecule has 1 aliphatic heterocycles. The third-order valence-electron chi connectivity index (χ3n) is 5.30. The molecule has 2 aromatic carbocycles. The van der Waals surface area contributed by atoms with Crippen molar-refractivity contribution in [3.05, 3.63) is 53.6 Å². The predicted molar refractivity (Wildman–Crippen MR) is 122 cm³/mol. The van der Waals surface area contributed by atoms with E-state index in [2.05, 4.69) is 15.5 Å². The Hall–Kier alpha value is -3.33. The molecule has 9 heteroatoms. The van der Waals surface area contributed by atoms with Gasteiger partial charge in [0.2, 0.25) is 11.8 Å². The van der Waals surface area contributed by atoms with Gasteiger partial charge in [-0.05, 0) is 61.7 Å². The third kappa shape index (κ3) is 4.94. The van der Waals surface area contributed by atoms with E-state index in [0.717, 1.165) is 54.6 Å². The van der Waals surface area contributed by atoms with Crippen LogP contribution in [0.5, 0.6) is 5.75 Å². The van der Waals surface area contributed by atoms with Crippen molar-refractivity contribution in [3.8, 4) is 17.2 Å². The van der Waals surface area contributed by atoms with Crippen molar-refractivity contribution in [3.63, 3.8) is 0 Å². The summed E-state index contributed by atoms with van der Waals surface area (Å²) in [5.41, 5.74) is 2.79. The Morgan fingerprint density at radius 2 is 1.88 bits per heavy atom. The summed E-state index contributed by atoms with van der Waals surface area (Å²) in [6.07, 6.45) is 2.07. The van der Waals surface area contributed by atoms with Gasteiger partial charge < -0.3 is 19.4 Å². The van der Waals surface area contributed by atoms with Crippen LogP contribution in [0.4, 0.5) is 5.69 Å². The largest absolute Gasteiger partial charge is 0.497 e. The summed E-state index contributed by atoms with van der Waals surface area (Å²) in [7, 11) is 1.60. The molecule has 1 saturated heterocycles. The average Bonchev–Trinajstić information content (AvgIpc) is 3.51. The average molecular weight is 453 g/mol. The molecule has 32 heavy (non-hydrogen) atoms. The summed E-state index contributed by atoms with van der Waals surface area (Å²) in [5, 5.41) is 11.2. The van der Waals surface area contributed by atoms with Crippen LogP contribution in [-0.4, -0.2) is 52.9 Å². The second kappa shape index (κ2) is 9.86. The van der Waals surface area contributed by atoms with E-state index in [9.17, 15) is 9.59 Å². The smallest absolute Gasteiger partial charge is 0.277 e.